The topological polar surface area (TPSA) is 85.4 Å². The lowest BCUT2D eigenvalue weighted by atomic mass is 10.0. The van der Waals surface area contributed by atoms with Crippen LogP contribution in [0.3, 0.4) is 0 Å². The van der Waals surface area contributed by atoms with Crippen molar-refractivity contribution >= 4 is 17.9 Å². The molecule has 21 heavy (non-hydrogen) atoms. The Labute approximate surface area is 121 Å². The molecule has 6 nitrogen and oxygen atoms in total. The number of rotatable bonds is 2. The van der Waals surface area contributed by atoms with Crippen LogP contribution in [-0.4, -0.2) is 33.9 Å². The molecule has 2 amide bonds. The molecule has 2 heterocycles. The Morgan fingerprint density at radius 2 is 2.14 bits per heavy atom. The van der Waals surface area contributed by atoms with Gasteiger partial charge in [0, 0.05) is 25.4 Å². The van der Waals surface area contributed by atoms with Gasteiger partial charge in [0.05, 0.1) is 5.56 Å². The maximum absolute atomic E-state index is 12.8. The van der Waals surface area contributed by atoms with Crippen LogP contribution in [0.1, 0.15) is 34.3 Å². The smallest absolute Gasteiger partial charge is 0.256 e. The number of likely N-dealkylation sites (tertiary alicyclic amines) is 1. The first-order valence-corrected chi connectivity index (χ1v) is 7.00. The van der Waals surface area contributed by atoms with Crippen molar-refractivity contribution in [2.24, 2.45) is 12.8 Å². The van der Waals surface area contributed by atoms with Gasteiger partial charge in [0.25, 0.3) is 11.5 Å². The van der Waals surface area contributed by atoms with Gasteiger partial charge in [0.1, 0.15) is 6.04 Å². The average Bonchev–Trinajstić information content (AvgIpc) is 3.10. The van der Waals surface area contributed by atoms with E-state index < -0.39 is 11.9 Å². The van der Waals surface area contributed by atoms with Crippen molar-refractivity contribution in [3.05, 3.63) is 39.3 Å². The van der Waals surface area contributed by atoms with Gasteiger partial charge < -0.3 is 15.2 Å². The third-order valence-electron chi connectivity index (χ3n) is 4.20. The molecular formula is C15H17N3O3. The number of carbonyl (C=O) groups excluding carboxylic acids is 2. The summed E-state index contributed by atoms with van der Waals surface area (Å²) in [4.78, 5) is 37.8. The Hall–Kier alpha value is -2.37. The summed E-state index contributed by atoms with van der Waals surface area (Å²) in [6, 6.07) is -0.546. The lowest BCUT2D eigenvalue weighted by molar-refractivity contribution is -0.121. The summed E-state index contributed by atoms with van der Waals surface area (Å²) in [6.07, 6.45) is 7.14. The second-order valence-electron chi connectivity index (χ2n) is 5.52. The molecule has 6 heteroatoms. The third-order valence-corrected chi connectivity index (χ3v) is 4.20. The van der Waals surface area contributed by atoms with Gasteiger partial charge in [0.2, 0.25) is 5.91 Å². The van der Waals surface area contributed by atoms with Crippen LogP contribution in [0.5, 0.6) is 0 Å². The molecule has 1 unspecified atom stereocenters. The van der Waals surface area contributed by atoms with Crippen molar-refractivity contribution < 1.29 is 9.59 Å². The first kappa shape index (κ1) is 13.6. The fourth-order valence-corrected chi connectivity index (χ4v) is 3.13. The van der Waals surface area contributed by atoms with Gasteiger partial charge in [-0.2, -0.15) is 0 Å². The number of pyridine rings is 1. The largest absolute Gasteiger partial charge is 0.368 e. The van der Waals surface area contributed by atoms with Crippen LogP contribution in [0.4, 0.5) is 0 Å². The second kappa shape index (κ2) is 4.87. The highest BCUT2D eigenvalue weighted by atomic mass is 16.2. The average molecular weight is 287 g/mol. The Bertz CT molecular complexity index is 718. The molecule has 0 saturated carbocycles. The van der Waals surface area contributed by atoms with Crippen LogP contribution in [0, 0.1) is 0 Å². The molecule has 0 radical (unpaired) electrons. The number of aromatic nitrogens is 1. The molecule has 0 bridgehead atoms. The van der Waals surface area contributed by atoms with Crippen LogP contribution in [0.25, 0.3) is 6.08 Å². The monoisotopic (exact) mass is 287 g/mol. The van der Waals surface area contributed by atoms with E-state index in [1.54, 1.807) is 19.3 Å². The molecule has 1 saturated heterocycles. The minimum Gasteiger partial charge on any atom is -0.368 e. The Kier molecular flexibility index (Phi) is 3.16. The first-order valence-electron chi connectivity index (χ1n) is 7.00. The zero-order valence-electron chi connectivity index (χ0n) is 11.8. The number of aryl methyl sites for hydroxylation is 1. The van der Waals surface area contributed by atoms with Crippen molar-refractivity contribution in [1.29, 1.82) is 0 Å². The molecule has 2 aliphatic rings. The fraction of sp³-hybridized carbons (Fsp3) is 0.400. The minimum atomic E-state index is -0.546. The van der Waals surface area contributed by atoms with Crippen LogP contribution in [-0.2, 0) is 18.3 Å². The van der Waals surface area contributed by atoms with Crippen molar-refractivity contribution in [1.82, 2.24) is 9.47 Å². The molecule has 1 aromatic rings. The van der Waals surface area contributed by atoms with E-state index in [-0.39, 0.29) is 11.5 Å². The number of nitrogens with zero attached hydrogens (tertiary/aromatic N) is 2. The number of primary amides is 1. The molecule has 1 atom stereocenters. The maximum atomic E-state index is 12.8. The van der Waals surface area contributed by atoms with Crippen LogP contribution in [0.15, 0.2) is 17.1 Å². The molecule has 0 spiro atoms. The first-order chi connectivity index (χ1) is 10.0. The number of allylic oxidation sites excluding steroid dienone is 1. The Balaban J connectivity index is 2.05. The zero-order valence-corrected chi connectivity index (χ0v) is 11.8. The van der Waals surface area contributed by atoms with Gasteiger partial charge in [-0.15, -0.1) is 0 Å². The minimum absolute atomic E-state index is 0.0839. The van der Waals surface area contributed by atoms with Crippen molar-refractivity contribution in [2.75, 3.05) is 6.54 Å². The molecule has 110 valence electrons. The maximum Gasteiger partial charge on any atom is 0.256 e. The van der Waals surface area contributed by atoms with Gasteiger partial charge >= 0.3 is 0 Å². The third kappa shape index (κ3) is 2.07. The molecule has 1 fully saturated rings. The quantitative estimate of drug-likeness (QED) is 0.833. The van der Waals surface area contributed by atoms with Crippen molar-refractivity contribution in [2.45, 2.75) is 25.3 Å². The van der Waals surface area contributed by atoms with Crippen LogP contribution < -0.4 is 11.3 Å². The van der Waals surface area contributed by atoms with E-state index in [1.165, 1.54) is 9.47 Å². The second-order valence-corrected chi connectivity index (χ2v) is 5.52. The molecule has 2 N–H and O–H groups in total. The van der Waals surface area contributed by atoms with Gasteiger partial charge in [-0.3, -0.25) is 14.4 Å². The van der Waals surface area contributed by atoms with E-state index in [0.717, 1.165) is 6.42 Å². The predicted octanol–water partition coefficient (Wildman–Crippen LogP) is 0.0445. The molecule has 0 aromatic carbocycles. The molecular weight excluding hydrogens is 270 g/mol. The van der Waals surface area contributed by atoms with E-state index >= 15 is 0 Å². The summed E-state index contributed by atoms with van der Waals surface area (Å²) < 4.78 is 1.43. The number of amides is 2. The molecule has 1 aliphatic carbocycles. The Morgan fingerprint density at radius 3 is 2.86 bits per heavy atom. The highest BCUT2D eigenvalue weighted by Gasteiger charge is 2.34. The highest BCUT2D eigenvalue weighted by Crippen LogP contribution is 2.25. The number of nitrogens with two attached hydrogens (primary N) is 1. The highest BCUT2D eigenvalue weighted by molar-refractivity contribution is 6.01. The SMILES string of the molecule is Cn1cc(C(=O)N2CCCC2C(N)=O)c2c(c1=O)CC=C2. The summed E-state index contributed by atoms with van der Waals surface area (Å²) >= 11 is 0. The summed E-state index contributed by atoms with van der Waals surface area (Å²) in [6.45, 7) is 0.522. The summed E-state index contributed by atoms with van der Waals surface area (Å²) in [5.41, 5.74) is 7.07. The predicted molar refractivity (Wildman–Crippen MR) is 77.7 cm³/mol. The van der Waals surface area contributed by atoms with Crippen LogP contribution >= 0.6 is 0 Å². The van der Waals surface area contributed by atoms with Gasteiger partial charge in [-0.05, 0) is 24.8 Å². The standard InChI is InChI=1S/C15H17N3O3/c1-17-8-11(9-4-2-5-10(9)14(17)20)15(21)18-7-3-6-12(18)13(16)19/h2,4,8,12H,3,5-7H2,1H3,(H2,16,19). The lowest BCUT2D eigenvalue weighted by Gasteiger charge is -2.23. The van der Waals surface area contributed by atoms with E-state index in [4.69, 9.17) is 5.73 Å². The molecule has 3 rings (SSSR count). The van der Waals surface area contributed by atoms with Gasteiger partial charge in [-0.25, -0.2) is 0 Å². The van der Waals surface area contributed by atoms with E-state index in [1.807, 2.05) is 6.08 Å². The van der Waals surface area contributed by atoms with Gasteiger partial charge in [-0.1, -0.05) is 12.2 Å². The van der Waals surface area contributed by atoms with Gasteiger partial charge in [0.15, 0.2) is 0 Å². The summed E-state index contributed by atoms with van der Waals surface area (Å²) in [7, 11) is 1.63. The number of hydrogen-bond acceptors (Lipinski definition) is 3. The lowest BCUT2D eigenvalue weighted by Crippen LogP contribution is -2.44. The molecule has 1 aromatic heterocycles. The van der Waals surface area contributed by atoms with Crippen LogP contribution in [0.2, 0.25) is 0 Å². The normalized spacial score (nSPS) is 19.9. The number of carbonyl (C=O) groups is 2. The zero-order chi connectivity index (χ0) is 15.1. The van der Waals surface area contributed by atoms with Crippen molar-refractivity contribution in [3.63, 3.8) is 0 Å². The summed E-state index contributed by atoms with van der Waals surface area (Å²) in [5, 5.41) is 0. The summed E-state index contributed by atoms with van der Waals surface area (Å²) in [5.74, 6) is -0.701. The number of fused-ring (bicyclic) bond motifs is 1. The van der Waals surface area contributed by atoms with Crippen molar-refractivity contribution in [3.8, 4) is 0 Å². The van der Waals surface area contributed by atoms with E-state index in [2.05, 4.69) is 0 Å². The van der Waals surface area contributed by atoms with E-state index in [9.17, 15) is 14.4 Å². The molecule has 1 aliphatic heterocycles. The Morgan fingerprint density at radius 1 is 1.38 bits per heavy atom. The van der Waals surface area contributed by atoms with E-state index in [0.29, 0.717) is 36.1 Å². The number of hydrogen-bond donors (Lipinski definition) is 1. The fourth-order valence-electron chi connectivity index (χ4n) is 3.13.